The summed E-state index contributed by atoms with van der Waals surface area (Å²) in [6, 6.07) is 2.28. The van der Waals surface area contributed by atoms with Gasteiger partial charge in [-0.15, -0.1) is 0 Å². The van der Waals surface area contributed by atoms with Crippen molar-refractivity contribution in [3.63, 3.8) is 0 Å². The van der Waals surface area contributed by atoms with Crippen LogP contribution in [0, 0.1) is 5.82 Å². The molecular formula is C9H6ClFO2. The predicted octanol–water partition coefficient (Wildman–Crippen LogP) is 2.49. The number of carbonyl (C=O) groups excluding carboxylic acids is 2. The molecule has 0 aliphatic rings. The highest BCUT2D eigenvalue weighted by molar-refractivity contribution is 6.33. The minimum Gasteiger partial charge on any atom is -0.298 e. The quantitative estimate of drug-likeness (QED) is 0.543. The third-order valence-corrected chi connectivity index (χ3v) is 1.99. The Morgan fingerprint density at radius 1 is 1.54 bits per heavy atom. The van der Waals surface area contributed by atoms with Gasteiger partial charge in [0.25, 0.3) is 0 Å². The molecule has 0 unspecified atom stereocenters. The summed E-state index contributed by atoms with van der Waals surface area (Å²) in [6.07, 6.45) is 0.415. The highest BCUT2D eigenvalue weighted by Crippen LogP contribution is 2.20. The number of hydrogen-bond donors (Lipinski definition) is 0. The van der Waals surface area contributed by atoms with Crippen LogP contribution in [-0.2, 0) is 0 Å². The molecule has 0 aromatic heterocycles. The maximum Gasteiger partial charge on any atom is 0.159 e. The molecule has 0 aliphatic heterocycles. The summed E-state index contributed by atoms with van der Waals surface area (Å²) >= 11 is 5.45. The Morgan fingerprint density at radius 3 is 2.62 bits per heavy atom. The summed E-state index contributed by atoms with van der Waals surface area (Å²) in [5, 5.41) is -0.250. The van der Waals surface area contributed by atoms with Gasteiger partial charge in [-0.2, -0.15) is 0 Å². The van der Waals surface area contributed by atoms with Crippen LogP contribution < -0.4 is 0 Å². The molecule has 68 valence electrons. The smallest absolute Gasteiger partial charge is 0.159 e. The molecule has 1 rings (SSSR count). The van der Waals surface area contributed by atoms with Crippen LogP contribution >= 0.6 is 11.6 Å². The number of aldehydes is 1. The average Bonchev–Trinajstić information content (AvgIpc) is 2.09. The molecule has 0 radical (unpaired) electrons. The number of benzene rings is 1. The van der Waals surface area contributed by atoms with E-state index in [9.17, 15) is 14.0 Å². The number of carbonyl (C=O) groups is 2. The van der Waals surface area contributed by atoms with Crippen molar-refractivity contribution in [2.75, 3.05) is 0 Å². The van der Waals surface area contributed by atoms with Crippen molar-refractivity contribution in [2.24, 2.45) is 0 Å². The van der Waals surface area contributed by atoms with Gasteiger partial charge < -0.3 is 0 Å². The van der Waals surface area contributed by atoms with E-state index in [2.05, 4.69) is 0 Å². The first kappa shape index (κ1) is 9.86. The van der Waals surface area contributed by atoms with E-state index >= 15 is 0 Å². The highest BCUT2D eigenvalue weighted by atomic mass is 35.5. The zero-order valence-electron chi connectivity index (χ0n) is 6.80. The van der Waals surface area contributed by atoms with E-state index in [1.165, 1.54) is 13.0 Å². The maximum atomic E-state index is 12.9. The second-order valence-electron chi connectivity index (χ2n) is 2.54. The molecule has 0 heterocycles. The minimum absolute atomic E-state index is 0.00753. The second kappa shape index (κ2) is 3.66. The Morgan fingerprint density at radius 2 is 2.15 bits per heavy atom. The Bertz CT molecular complexity index is 374. The summed E-state index contributed by atoms with van der Waals surface area (Å²) in [5.41, 5.74) is 0.135. The molecule has 0 aliphatic carbocycles. The first-order chi connectivity index (χ1) is 6.06. The van der Waals surface area contributed by atoms with Gasteiger partial charge in [-0.25, -0.2) is 4.39 Å². The first-order valence-electron chi connectivity index (χ1n) is 3.51. The molecule has 0 saturated carbocycles. The third-order valence-electron chi connectivity index (χ3n) is 1.59. The largest absolute Gasteiger partial charge is 0.298 e. The predicted molar refractivity (Wildman–Crippen MR) is 46.8 cm³/mol. The van der Waals surface area contributed by atoms with Gasteiger partial charge in [0.1, 0.15) is 5.82 Å². The fourth-order valence-electron chi connectivity index (χ4n) is 0.899. The van der Waals surface area contributed by atoms with E-state index in [1.54, 1.807) is 0 Å². The molecule has 0 N–H and O–H groups in total. The zero-order valence-corrected chi connectivity index (χ0v) is 7.56. The first-order valence-corrected chi connectivity index (χ1v) is 3.89. The van der Waals surface area contributed by atoms with Crippen LogP contribution in [0.3, 0.4) is 0 Å². The Hall–Kier alpha value is -1.22. The van der Waals surface area contributed by atoms with E-state index in [4.69, 9.17) is 11.6 Å². The van der Waals surface area contributed by atoms with Crippen LogP contribution in [-0.4, -0.2) is 12.1 Å². The van der Waals surface area contributed by atoms with Crippen molar-refractivity contribution >= 4 is 23.7 Å². The lowest BCUT2D eigenvalue weighted by molar-refractivity contribution is 0.101. The van der Waals surface area contributed by atoms with Crippen LogP contribution in [0.2, 0.25) is 5.02 Å². The number of hydrogen-bond acceptors (Lipinski definition) is 2. The minimum atomic E-state index is -0.753. The number of ketones is 1. The summed E-state index contributed by atoms with van der Waals surface area (Å²) < 4.78 is 12.9. The Labute approximate surface area is 79.3 Å². The summed E-state index contributed by atoms with van der Waals surface area (Å²) in [5.74, 6) is -1.06. The van der Waals surface area contributed by atoms with Gasteiger partial charge >= 0.3 is 0 Å². The molecule has 2 nitrogen and oxygen atoms in total. The van der Waals surface area contributed by atoms with Crippen molar-refractivity contribution in [3.8, 4) is 0 Å². The van der Waals surface area contributed by atoms with Crippen LogP contribution in [0.5, 0.6) is 0 Å². The van der Waals surface area contributed by atoms with Gasteiger partial charge in [0.2, 0.25) is 0 Å². The van der Waals surface area contributed by atoms with Crippen molar-refractivity contribution in [1.29, 1.82) is 0 Å². The van der Waals surface area contributed by atoms with E-state index in [0.717, 1.165) is 6.07 Å². The van der Waals surface area contributed by atoms with E-state index < -0.39 is 5.82 Å². The molecule has 0 atom stereocenters. The fraction of sp³-hybridized carbons (Fsp3) is 0.111. The molecule has 0 amide bonds. The van der Waals surface area contributed by atoms with Gasteiger partial charge in [-0.05, 0) is 19.1 Å². The summed E-state index contributed by atoms with van der Waals surface area (Å²) in [6.45, 7) is 1.29. The number of rotatable bonds is 2. The number of halogens is 2. The average molecular weight is 201 g/mol. The maximum absolute atomic E-state index is 12.9. The Balaban J connectivity index is 3.38. The molecule has 1 aromatic rings. The van der Waals surface area contributed by atoms with E-state index in [-0.39, 0.29) is 21.9 Å². The van der Waals surface area contributed by atoms with Crippen molar-refractivity contribution in [2.45, 2.75) is 6.92 Å². The van der Waals surface area contributed by atoms with Crippen molar-refractivity contribution in [3.05, 3.63) is 34.1 Å². The lowest BCUT2D eigenvalue weighted by Crippen LogP contribution is -1.97. The Kier molecular flexibility index (Phi) is 2.78. The molecule has 4 heteroatoms. The van der Waals surface area contributed by atoms with Crippen LogP contribution in [0.15, 0.2) is 12.1 Å². The number of Topliss-reactive ketones (excluding diaryl/α,β-unsaturated/α-hetero) is 1. The zero-order chi connectivity index (χ0) is 10.0. The van der Waals surface area contributed by atoms with Gasteiger partial charge in [-0.1, -0.05) is 11.6 Å². The van der Waals surface area contributed by atoms with Gasteiger partial charge in [0.15, 0.2) is 12.1 Å². The van der Waals surface area contributed by atoms with Crippen LogP contribution in [0.4, 0.5) is 4.39 Å². The molecule has 0 fully saturated rings. The summed E-state index contributed by atoms with van der Waals surface area (Å²) in [4.78, 5) is 21.2. The van der Waals surface area contributed by atoms with Crippen molar-refractivity contribution < 1.29 is 14.0 Å². The van der Waals surface area contributed by atoms with Gasteiger partial charge in [0, 0.05) is 11.1 Å². The molecule has 0 saturated heterocycles. The standard InChI is InChI=1S/C9H6ClFO2/c1-5(13)6-2-7(4-12)9(10)8(11)3-6/h2-4H,1H3. The molecule has 1 aromatic carbocycles. The van der Waals surface area contributed by atoms with Gasteiger partial charge in [0.05, 0.1) is 5.02 Å². The van der Waals surface area contributed by atoms with Crippen LogP contribution in [0.1, 0.15) is 27.6 Å². The molecular weight excluding hydrogens is 195 g/mol. The fourth-order valence-corrected chi connectivity index (χ4v) is 1.05. The van der Waals surface area contributed by atoms with E-state index in [0.29, 0.717) is 6.29 Å². The highest BCUT2D eigenvalue weighted by Gasteiger charge is 2.10. The van der Waals surface area contributed by atoms with Gasteiger partial charge in [-0.3, -0.25) is 9.59 Å². The molecule has 0 spiro atoms. The third kappa shape index (κ3) is 1.92. The lowest BCUT2D eigenvalue weighted by Gasteiger charge is -2.00. The van der Waals surface area contributed by atoms with E-state index in [1.807, 2.05) is 0 Å². The SMILES string of the molecule is CC(=O)c1cc(F)c(Cl)c(C=O)c1. The topological polar surface area (TPSA) is 34.1 Å². The lowest BCUT2D eigenvalue weighted by atomic mass is 10.1. The second-order valence-corrected chi connectivity index (χ2v) is 2.91. The monoisotopic (exact) mass is 200 g/mol. The normalized spacial score (nSPS) is 9.77. The summed E-state index contributed by atoms with van der Waals surface area (Å²) in [7, 11) is 0. The molecule has 13 heavy (non-hydrogen) atoms. The van der Waals surface area contributed by atoms with Crippen LogP contribution in [0.25, 0.3) is 0 Å². The van der Waals surface area contributed by atoms with Crippen molar-refractivity contribution in [1.82, 2.24) is 0 Å². The molecule has 0 bridgehead atoms.